The highest BCUT2D eigenvalue weighted by Gasteiger charge is 2.20. The molecule has 0 spiro atoms. The average molecular weight is 742 g/mol. The Labute approximate surface area is 332 Å². The normalized spacial score (nSPS) is 11.8. The zero-order valence-electron chi connectivity index (χ0n) is 31.0. The summed E-state index contributed by atoms with van der Waals surface area (Å²) in [4.78, 5) is 20.6. The zero-order chi connectivity index (χ0) is 38.2. The molecule has 0 bridgehead atoms. The van der Waals surface area contributed by atoms with Gasteiger partial charge in [0.1, 0.15) is 5.52 Å². The second-order valence-electron chi connectivity index (χ2n) is 14.6. The van der Waals surface area contributed by atoms with Crippen molar-refractivity contribution >= 4 is 65.2 Å². The number of hydrogen-bond acceptors (Lipinski definition) is 5. The molecule has 6 heteroatoms. The standard InChI is InChI=1S/C52H31N5O/c1-4-14-33(15-5-1)49-54-50(36-26-28-40-39-21-12-13-23-44(39)57(45(40)31-36)37-18-8-3-9-19-37)56-51(55-49)42-30-35-25-24-32-27-29-43-48(58-52(53-43)34-16-6-2-7-17-34)47(32)46(35)41-22-11-10-20-38(41)42/h1-31H. The van der Waals surface area contributed by atoms with Crippen molar-refractivity contribution < 1.29 is 4.42 Å². The van der Waals surface area contributed by atoms with Gasteiger partial charge in [0.15, 0.2) is 23.1 Å². The summed E-state index contributed by atoms with van der Waals surface area (Å²) in [5.41, 5.74) is 8.64. The van der Waals surface area contributed by atoms with Gasteiger partial charge in [-0.2, -0.15) is 0 Å². The molecule has 0 aliphatic heterocycles. The van der Waals surface area contributed by atoms with Crippen molar-refractivity contribution in [3.63, 3.8) is 0 Å². The van der Waals surface area contributed by atoms with Gasteiger partial charge in [0.05, 0.1) is 11.0 Å². The van der Waals surface area contributed by atoms with E-state index in [2.05, 4.69) is 138 Å². The summed E-state index contributed by atoms with van der Waals surface area (Å²) in [5.74, 6) is 2.43. The number of benzene rings is 9. The van der Waals surface area contributed by atoms with Crippen LogP contribution in [0, 0.1) is 0 Å². The van der Waals surface area contributed by atoms with Crippen molar-refractivity contribution in [1.82, 2.24) is 24.5 Å². The van der Waals surface area contributed by atoms with Crippen LogP contribution in [0.1, 0.15) is 0 Å². The van der Waals surface area contributed by atoms with Crippen LogP contribution < -0.4 is 0 Å². The van der Waals surface area contributed by atoms with Crippen molar-refractivity contribution in [3.05, 3.63) is 188 Å². The van der Waals surface area contributed by atoms with Gasteiger partial charge < -0.3 is 8.98 Å². The molecule has 9 aromatic carbocycles. The van der Waals surface area contributed by atoms with Crippen molar-refractivity contribution in [2.24, 2.45) is 0 Å². The minimum atomic E-state index is 0.606. The second-order valence-corrected chi connectivity index (χ2v) is 14.6. The van der Waals surface area contributed by atoms with Crippen LogP contribution in [0.2, 0.25) is 0 Å². The Morgan fingerprint density at radius 3 is 1.78 bits per heavy atom. The second kappa shape index (κ2) is 12.8. The van der Waals surface area contributed by atoms with Crippen LogP contribution in [0.3, 0.4) is 0 Å². The van der Waals surface area contributed by atoms with E-state index in [1.807, 2.05) is 54.6 Å². The van der Waals surface area contributed by atoms with Crippen LogP contribution in [0.5, 0.6) is 0 Å². The third-order valence-corrected chi connectivity index (χ3v) is 11.2. The average Bonchev–Trinajstić information content (AvgIpc) is 3.89. The Morgan fingerprint density at radius 1 is 0.379 bits per heavy atom. The lowest BCUT2D eigenvalue weighted by Crippen LogP contribution is -2.01. The summed E-state index contributed by atoms with van der Waals surface area (Å²) in [5, 5.41) is 8.79. The van der Waals surface area contributed by atoms with Gasteiger partial charge in [0, 0.05) is 49.5 Å². The first-order valence-electron chi connectivity index (χ1n) is 19.4. The Bertz CT molecular complexity index is 3560. The van der Waals surface area contributed by atoms with E-state index in [0.29, 0.717) is 23.4 Å². The maximum Gasteiger partial charge on any atom is 0.227 e. The molecule has 3 aromatic heterocycles. The summed E-state index contributed by atoms with van der Waals surface area (Å²) in [6, 6.07) is 65.1. The van der Waals surface area contributed by atoms with Gasteiger partial charge in [0.2, 0.25) is 5.89 Å². The van der Waals surface area contributed by atoms with Gasteiger partial charge in [-0.3, -0.25) is 0 Å². The molecular formula is C52H31N5O. The van der Waals surface area contributed by atoms with Crippen LogP contribution >= 0.6 is 0 Å². The first kappa shape index (κ1) is 32.3. The largest absolute Gasteiger partial charge is 0.435 e. The molecule has 0 aliphatic rings. The van der Waals surface area contributed by atoms with E-state index in [9.17, 15) is 0 Å². The molecular weight excluding hydrogens is 711 g/mol. The molecule has 3 heterocycles. The lowest BCUT2D eigenvalue weighted by molar-refractivity contribution is 0.623. The van der Waals surface area contributed by atoms with Crippen LogP contribution in [-0.2, 0) is 0 Å². The molecule has 0 radical (unpaired) electrons. The van der Waals surface area contributed by atoms with E-state index in [1.165, 1.54) is 10.8 Å². The lowest BCUT2D eigenvalue weighted by atomic mass is 9.92. The summed E-state index contributed by atoms with van der Waals surface area (Å²) >= 11 is 0. The number of nitrogens with zero attached hydrogens (tertiary/aromatic N) is 5. The highest BCUT2D eigenvalue weighted by atomic mass is 16.3. The molecule has 0 fully saturated rings. The first-order valence-corrected chi connectivity index (χ1v) is 19.4. The number of rotatable bonds is 5. The van der Waals surface area contributed by atoms with Gasteiger partial charge in [-0.25, -0.2) is 19.9 Å². The molecule has 0 aliphatic carbocycles. The smallest absolute Gasteiger partial charge is 0.227 e. The SMILES string of the molecule is c1ccc(-c2nc(-c3ccc4c5ccccc5n(-c5ccccc5)c4c3)nc(-c3cc4ccc5ccc6nc(-c7ccccc7)oc6c5c4c4ccccc34)n2)cc1. The van der Waals surface area contributed by atoms with E-state index in [1.54, 1.807) is 0 Å². The quantitative estimate of drug-likeness (QED) is 0.164. The van der Waals surface area contributed by atoms with E-state index in [-0.39, 0.29) is 0 Å². The van der Waals surface area contributed by atoms with Gasteiger partial charge in [-0.1, -0.05) is 140 Å². The molecule has 0 saturated carbocycles. The number of fused-ring (bicyclic) bond motifs is 10. The highest BCUT2D eigenvalue weighted by Crippen LogP contribution is 2.42. The number of oxazole rings is 1. The van der Waals surface area contributed by atoms with E-state index in [4.69, 9.17) is 24.4 Å². The first-order chi connectivity index (χ1) is 28.7. The summed E-state index contributed by atoms with van der Waals surface area (Å²) < 4.78 is 8.93. The molecule has 58 heavy (non-hydrogen) atoms. The lowest BCUT2D eigenvalue weighted by Gasteiger charge is -2.14. The molecule has 6 nitrogen and oxygen atoms in total. The third kappa shape index (κ3) is 5.05. The fourth-order valence-electron chi connectivity index (χ4n) is 8.59. The Hall–Kier alpha value is -7.96. The van der Waals surface area contributed by atoms with Gasteiger partial charge in [-0.05, 0) is 70.1 Å². The molecule has 0 N–H and O–H groups in total. The number of aromatic nitrogens is 5. The summed E-state index contributed by atoms with van der Waals surface area (Å²) in [7, 11) is 0. The van der Waals surface area contributed by atoms with Crippen molar-refractivity contribution in [2.45, 2.75) is 0 Å². The summed E-state index contributed by atoms with van der Waals surface area (Å²) in [6.07, 6.45) is 0. The molecule has 0 amide bonds. The van der Waals surface area contributed by atoms with Gasteiger partial charge in [-0.15, -0.1) is 0 Å². The Morgan fingerprint density at radius 2 is 0.983 bits per heavy atom. The Balaban J connectivity index is 1.11. The van der Waals surface area contributed by atoms with E-state index < -0.39 is 0 Å². The van der Waals surface area contributed by atoms with Crippen LogP contribution in [0.4, 0.5) is 0 Å². The zero-order valence-corrected chi connectivity index (χ0v) is 31.0. The van der Waals surface area contributed by atoms with Crippen molar-refractivity contribution in [1.29, 1.82) is 0 Å². The van der Waals surface area contributed by atoms with Crippen molar-refractivity contribution in [3.8, 4) is 51.3 Å². The highest BCUT2D eigenvalue weighted by molar-refractivity contribution is 6.28. The maximum atomic E-state index is 6.61. The topological polar surface area (TPSA) is 69.6 Å². The molecule has 270 valence electrons. The minimum absolute atomic E-state index is 0.606. The van der Waals surface area contributed by atoms with Gasteiger partial charge >= 0.3 is 0 Å². The fourth-order valence-corrected chi connectivity index (χ4v) is 8.59. The van der Waals surface area contributed by atoms with Crippen LogP contribution in [0.25, 0.3) is 117 Å². The molecule has 0 saturated heterocycles. The predicted molar refractivity (Wildman–Crippen MR) is 236 cm³/mol. The summed E-state index contributed by atoms with van der Waals surface area (Å²) in [6.45, 7) is 0. The number of para-hydroxylation sites is 2. The van der Waals surface area contributed by atoms with Crippen LogP contribution in [0.15, 0.2) is 192 Å². The minimum Gasteiger partial charge on any atom is -0.435 e. The molecule has 0 unspecified atom stereocenters. The van der Waals surface area contributed by atoms with Crippen molar-refractivity contribution in [2.75, 3.05) is 0 Å². The number of hydrogen-bond donors (Lipinski definition) is 0. The Kier molecular flexibility index (Phi) is 7.13. The monoisotopic (exact) mass is 741 g/mol. The van der Waals surface area contributed by atoms with Crippen LogP contribution in [-0.4, -0.2) is 24.5 Å². The fraction of sp³-hybridized carbons (Fsp3) is 0. The molecule has 12 rings (SSSR count). The third-order valence-electron chi connectivity index (χ3n) is 11.2. The maximum absolute atomic E-state index is 6.61. The van der Waals surface area contributed by atoms with E-state index in [0.717, 1.165) is 82.4 Å². The molecule has 0 atom stereocenters. The predicted octanol–water partition coefficient (Wildman–Crippen LogP) is 13.2. The van der Waals surface area contributed by atoms with Gasteiger partial charge in [0.25, 0.3) is 0 Å². The van der Waals surface area contributed by atoms with E-state index >= 15 is 0 Å². The molecule has 12 aromatic rings.